The van der Waals surface area contributed by atoms with Crippen molar-refractivity contribution in [2.75, 3.05) is 33.1 Å². The number of carbonyl (C=O) groups excluding carboxylic acids is 2. The van der Waals surface area contributed by atoms with Crippen molar-refractivity contribution in [3.05, 3.63) is 28.7 Å². The van der Waals surface area contributed by atoms with Gasteiger partial charge in [0.15, 0.2) is 11.5 Å². The molecule has 1 aliphatic heterocycles. The van der Waals surface area contributed by atoms with Crippen LogP contribution >= 0.6 is 11.8 Å². The van der Waals surface area contributed by atoms with Crippen LogP contribution < -0.4 is 9.47 Å². The highest BCUT2D eigenvalue weighted by atomic mass is 32.2. The van der Waals surface area contributed by atoms with E-state index in [0.29, 0.717) is 39.8 Å². The van der Waals surface area contributed by atoms with E-state index in [1.165, 1.54) is 30.9 Å². The monoisotopic (exact) mass is 365 g/mol. The lowest BCUT2D eigenvalue weighted by Gasteiger charge is -2.17. The first kappa shape index (κ1) is 19.3. The maximum Gasteiger partial charge on any atom is 0.267 e. The maximum absolute atomic E-state index is 12.9. The molecule has 0 saturated carbocycles. The Morgan fingerprint density at radius 3 is 2.36 bits per heavy atom. The summed E-state index contributed by atoms with van der Waals surface area (Å²) in [5.74, 6) is 0.935. The minimum atomic E-state index is -0.314. The molecule has 2 rings (SSSR count). The fourth-order valence-electron chi connectivity index (χ4n) is 2.61. The van der Waals surface area contributed by atoms with Gasteiger partial charge >= 0.3 is 0 Å². The summed E-state index contributed by atoms with van der Waals surface area (Å²) in [6, 6.07) is 5.14. The van der Waals surface area contributed by atoms with E-state index in [1.54, 1.807) is 18.2 Å². The van der Waals surface area contributed by atoms with E-state index in [9.17, 15) is 9.59 Å². The number of ether oxygens (including phenoxy) is 2. The van der Waals surface area contributed by atoms with Crippen LogP contribution in [-0.4, -0.2) is 54.9 Å². The molecule has 1 aromatic rings. The van der Waals surface area contributed by atoms with E-state index in [1.807, 2.05) is 13.8 Å². The number of amides is 2. The number of aliphatic hydroxyl groups excluding tert-OH is 1. The standard InChI is InChI=1S/C18H23NO5S/c1-11(2)10-19-17(21)15(16(18(19)22)25-8-7-20)12-5-6-13(23-3)14(9-12)24-4/h5-6,9,11,20H,7-8,10H2,1-4H3. The molecule has 0 radical (unpaired) electrons. The van der Waals surface area contributed by atoms with Gasteiger partial charge in [0.05, 0.1) is 31.3 Å². The van der Waals surface area contributed by atoms with Gasteiger partial charge in [-0.25, -0.2) is 0 Å². The number of hydrogen-bond acceptors (Lipinski definition) is 6. The fraction of sp³-hybridized carbons (Fsp3) is 0.444. The summed E-state index contributed by atoms with van der Waals surface area (Å²) >= 11 is 1.20. The lowest BCUT2D eigenvalue weighted by atomic mass is 10.1. The highest BCUT2D eigenvalue weighted by molar-refractivity contribution is 8.04. The normalized spacial score (nSPS) is 14.7. The first-order valence-electron chi connectivity index (χ1n) is 8.01. The van der Waals surface area contributed by atoms with Crippen molar-refractivity contribution < 1.29 is 24.2 Å². The summed E-state index contributed by atoms with van der Waals surface area (Å²) in [5.41, 5.74) is 0.952. The second-order valence-electron chi connectivity index (χ2n) is 5.96. The number of rotatable bonds is 8. The molecule has 6 nitrogen and oxygen atoms in total. The van der Waals surface area contributed by atoms with Crippen molar-refractivity contribution in [2.24, 2.45) is 5.92 Å². The largest absolute Gasteiger partial charge is 0.493 e. The van der Waals surface area contributed by atoms with Crippen molar-refractivity contribution in [3.8, 4) is 11.5 Å². The summed E-state index contributed by atoms with van der Waals surface area (Å²) in [7, 11) is 3.05. The van der Waals surface area contributed by atoms with E-state index in [2.05, 4.69) is 0 Å². The number of thioether (sulfide) groups is 1. The number of imide groups is 1. The highest BCUT2D eigenvalue weighted by Crippen LogP contribution is 2.39. The molecule has 0 fully saturated rings. The molecular weight excluding hydrogens is 342 g/mol. The number of aliphatic hydroxyl groups is 1. The van der Waals surface area contributed by atoms with Crippen LogP contribution in [0.2, 0.25) is 0 Å². The number of methoxy groups -OCH3 is 2. The molecular formula is C18H23NO5S. The smallest absolute Gasteiger partial charge is 0.267 e. The molecule has 0 saturated heterocycles. The third-order valence-electron chi connectivity index (χ3n) is 3.68. The Hall–Kier alpha value is -1.99. The van der Waals surface area contributed by atoms with Gasteiger partial charge in [-0.3, -0.25) is 14.5 Å². The molecule has 1 aromatic carbocycles. The number of carbonyl (C=O) groups is 2. The summed E-state index contributed by atoms with van der Waals surface area (Å²) in [6.45, 7) is 4.20. The van der Waals surface area contributed by atoms with Crippen LogP contribution in [-0.2, 0) is 9.59 Å². The lowest BCUT2D eigenvalue weighted by molar-refractivity contribution is -0.137. The second-order valence-corrected chi connectivity index (χ2v) is 7.07. The topological polar surface area (TPSA) is 76.1 Å². The molecule has 0 atom stereocenters. The van der Waals surface area contributed by atoms with Gasteiger partial charge in [0, 0.05) is 12.3 Å². The van der Waals surface area contributed by atoms with E-state index < -0.39 is 0 Å². The number of hydrogen-bond donors (Lipinski definition) is 1. The quantitative estimate of drug-likeness (QED) is 0.712. The Balaban J connectivity index is 2.50. The molecule has 1 aliphatic rings. The first-order valence-corrected chi connectivity index (χ1v) is 8.99. The van der Waals surface area contributed by atoms with Crippen LogP contribution in [0, 0.1) is 5.92 Å². The van der Waals surface area contributed by atoms with Crippen molar-refractivity contribution in [1.82, 2.24) is 4.90 Å². The lowest BCUT2D eigenvalue weighted by Crippen LogP contribution is -2.34. The molecule has 0 unspecified atom stereocenters. The SMILES string of the molecule is COc1ccc(C2=C(SCCO)C(=O)N(CC(C)C)C2=O)cc1OC. The molecule has 0 aliphatic carbocycles. The molecule has 0 aromatic heterocycles. The Morgan fingerprint density at radius 2 is 1.80 bits per heavy atom. The average Bonchev–Trinajstić information content (AvgIpc) is 2.83. The van der Waals surface area contributed by atoms with E-state index in [-0.39, 0.29) is 24.3 Å². The number of nitrogens with zero attached hydrogens (tertiary/aromatic N) is 1. The molecule has 2 amide bonds. The molecule has 1 N–H and O–H groups in total. The van der Waals surface area contributed by atoms with Crippen LogP contribution in [0.4, 0.5) is 0 Å². The van der Waals surface area contributed by atoms with Crippen molar-refractivity contribution >= 4 is 29.1 Å². The predicted molar refractivity (Wildman–Crippen MR) is 97.6 cm³/mol. The van der Waals surface area contributed by atoms with Crippen molar-refractivity contribution in [2.45, 2.75) is 13.8 Å². The van der Waals surface area contributed by atoms with Gasteiger partial charge in [-0.05, 0) is 23.6 Å². The summed E-state index contributed by atoms with van der Waals surface area (Å²) in [5, 5.41) is 9.11. The third-order valence-corrected chi connectivity index (χ3v) is 4.74. The van der Waals surface area contributed by atoms with E-state index in [4.69, 9.17) is 14.6 Å². The zero-order chi connectivity index (χ0) is 18.6. The van der Waals surface area contributed by atoms with Crippen LogP contribution in [0.3, 0.4) is 0 Å². The summed E-state index contributed by atoms with van der Waals surface area (Å²) < 4.78 is 10.5. The van der Waals surface area contributed by atoms with Crippen LogP contribution in [0.5, 0.6) is 11.5 Å². The zero-order valence-electron chi connectivity index (χ0n) is 14.9. The van der Waals surface area contributed by atoms with Gasteiger partial charge in [-0.1, -0.05) is 19.9 Å². The Kier molecular flexibility index (Phi) is 6.50. The Labute approximate surface area is 151 Å². The average molecular weight is 365 g/mol. The van der Waals surface area contributed by atoms with Crippen molar-refractivity contribution in [3.63, 3.8) is 0 Å². The third kappa shape index (κ3) is 3.99. The van der Waals surface area contributed by atoms with Crippen LogP contribution in [0.1, 0.15) is 19.4 Å². The van der Waals surface area contributed by atoms with Crippen LogP contribution in [0.15, 0.2) is 23.1 Å². The van der Waals surface area contributed by atoms with Gasteiger partial charge in [-0.2, -0.15) is 0 Å². The van der Waals surface area contributed by atoms with Crippen LogP contribution in [0.25, 0.3) is 5.57 Å². The van der Waals surface area contributed by atoms with Gasteiger partial charge in [0.25, 0.3) is 11.8 Å². The highest BCUT2D eigenvalue weighted by Gasteiger charge is 2.39. The fourth-order valence-corrected chi connectivity index (χ4v) is 3.49. The van der Waals surface area contributed by atoms with Gasteiger partial charge < -0.3 is 14.6 Å². The summed E-state index contributed by atoms with van der Waals surface area (Å²) in [4.78, 5) is 27.2. The minimum Gasteiger partial charge on any atom is -0.493 e. The maximum atomic E-state index is 12.9. The molecule has 136 valence electrons. The predicted octanol–water partition coefficient (Wildman–Crippen LogP) is 2.17. The van der Waals surface area contributed by atoms with E-state index in [0.717, 1.165) is 0 Å². The Morgan fingerprint density at radius 1 is 1.12 bits per heavy atom. The zero-order valence-corrected chi connectivity index (χ0v) is 15.7. The number of benzene rings is 1. The van der Waals surface area contributed by atoms with Gasteiger partial charge in [0.2, 0.25) is 0 Å². The minimum absolute atomic E-state index is 0.0704. The molecule has 0 bridgehead atoms. The first-order chi connectivity index (χ1) is 11.9. The molecule has 0 spiro atoms. The van der Waals surface area contributed by atoms with Gasteiger partial charge in [-0.15, -0.1) is 11.8 Å². The molecule has 25 heavy (non-hydrogen) atoms. The Bertz CT molecular complexity index is 699. The molecule has 7 heteroatoms. The summed E-state index contributed by atoms with van der Waals surface area (Å²) in [6.07, 6.45) is 0. The van der Waals surface area contributed by atoms with Crippen molar-refractivity contribution in [1.29, 1.82) is 0 Å². The second kappa shape index (κ2) is 8.40. The van der Waals surface area contributed by atoms with Gasteiger partial charge in [0.1, 0.15) is 0 Å². The van der Waals surface area contributed by atoms with E-state index >= 15 is 0 Å². The molecule has 1 heterocycles.